The van der Waals surface area contributed by atoms with E-state index < -0.39 is 15.3 Å². The van der Waals surface area contributed by atoms with Crippen molar-refractivity contribution in [1.82, 2.24) is 0 Å². The number of aliphatic hydroxyl groups is 2. The Morgan fingerprint density at radius 3 is 2.25 bits per heavy atom. The molecular formula is C14H21ClO4S. The molecule has 114 valence electrons. The van der Waals surface area contributed by atoms with E-state index in [1.165, 1.54) is 0 Å². The van der Waals surface area contributed by atoms with E-state index in [4.69, 9.17) is 11.6 Å². The summed E-state index contributed by atoms with van der Waals surface area (Å²) in [5.41, 5.74) is -0.447. The highest BCUT2D eigenvalue weighted by atomic mass is 35.5. The average Bonchev–Trinajstić information content (AvgIpc) is 2.42. The second-order valence-corrected chi connectivity index (χ2v) is 7.69. The SMILES string of the molecule is CCCS(=O)(=O)CCC(CO)(CO)c1ccccc1Cl. The van der Waals surface area contributed by atoms with Gasteiger partial charge in [0.2, 0.25) is 0 Å². The average molecular weight is 321 g/mol. The first-order chi connectivity index (χ1) is 9.40. The predicted molar refractivity (Wildman–Crippen MR) is 80.9 cm³/mol. The molecule has 1 aromatic rings. The summed E-state index contributed by atoms with van der Waals surface area (Å²) < 4.78 is 23.7. The smallest absolute Gasteiger partial charge is 0.150 e. The van der Waals surface area contributed by atoms with Crippen LogP contribution in [-0.2, 0) is 15.3 Å². The number of benzene rings is 1. The molecule has 0 heterocycles. The minimum absolute atomic E-state index is 0.0762. The van der Waals surface area contributed by atoms with Crippen molar-refractivity contribution in [1.29, 1.82) is 0 Å². The Balaban J connectivity index is 3.02. The molecule has 0 bridgehead atoms. The van der Waals surface area contributed by atoms with Crippen LogP contribution in [0, 0.1) is 0 Å². The summed E-state index contributed by atoms with van der Waals surface area (Å²) >= 11 is 6.11. The molecule has 0 aliphatic carbocycles. The molecule has 6 heteroatoms. The summed E-state index contributed by atoms with van der Waals surface area (Å²) in [6.45, 7) is 1.10. The van der Waals surface area contributed by atoms with Crippen molar-refractivity contribution in [3.8, 4) is 0 Å². The zero-order chi connectivity index (χ0) is 15.2. The van der Waals surface area contributed by atoms with Crippen LogP contribution in [0.4, 0.5) is 0 Å². The minimum atomic E-state index is -3.17. The summed E-state index contributed by atoms with van der Waals surface area (Å²) in [6, 6.07) is 6.87. The quantitative estimate of drug-likeness (QED) is 0.765. The van der Waals surface area contributed by atoms with Crippen molar-refractivity contribution in [2.75, 3.05) is 24.7 Å². The Morgan fingerprint density at radius 1 is 1.15 bits per heavy atom. The molecule has 0 aliphatic rings. The zero-order valence-electron chi connectivity index (χ0n) is 11.5. The Kier molecular flexibility index (Phi) is 6.45. The van der Waals surface area contributed by atoms with Gasteiger partial charge in [-0.05, 0) is 24.5 Å². The van der Waals surface area contributed by atoms with Crippen molar-refractivity contribution >= 4 is 21.4 Å². The van der Waals surface area contributed by atoms with Gasteiger partial charge in [0, 0.05) is 16.2 Å². The molecule has 0 atom stereocenters. The number of aliphatic hydroxyl groups excluding tert-OH is 2. The maximum atomic E-state index is 11.8. The molecule has 4 nitrogen and oxygen atoms in total. The van der Waals surface area contributed by atoms with E-state index in [-0.39, 0.29) is 31.1 Å². The molecule has 1 rings (SSSR count). The monoisotopic (exact) mass is 320 g/mol. The van der Waals surface area contributed by atoms with Crippen LogP contribution >= 0.6 is 11.6 Å². The van der Waals surface area contributed by atoms with Crippen LogP contribution in [0.1, 0.15) is 25.3 Å². The summed E-state index contributed by atoms with van der Waals surface area (Å²) in [4.78, 5) is 0. The normalized spacial score (nSPS) is 12.6. The lowest BCUT2D eigenvalue weighted by molar-refractivity contribution is 0.114. The third-order valence-electron chi connectivity index (χ3n) is 3.46. The number of hydrogen-bond donors (Lipinski definition) is 2. The first kappa shape index (κ1) is 17.4. The molecule has 0 spiro atoms. The summed E-state index contributed by atoms with van der Waals surface area (Å²) in [6.07, 6.45) is 0.700. The Hall–Kier alpha value is -0.620. The predicted octanol–water partition coefficient (Wildman–Crippen LogP) is 1.78. The van der Waals surface area contributed by atoms with Gasteiger partial charge in [-0.2, -0.15) is 0 Å². The van der Waals surface area contributed by atoms with E-state index >= 15 is 0 Å². The molecule has 0 fully saturated rings. The van der Waals surface area contributed by atoms with Crippen LogP contribution in [0.3, 0.4) is 0 Å². The number of rotatable bonds is 8. The molecule has 0 saturated carbocycles. The molecular weight excluding hydrogens is 300 g/mol. The van der Waals surface area contributed by atoms with Gasteiger partial charge < -0.3 is 10.2 Å². The third kappa shape index (κ3) is 4.19. The molecule has 20 heavy (non-hydrogen) atoms. The number of hydrogen-bond acceptors (Lipinski definition) is 4. The molecule has 0 amide bonds. The second kappa shape index (κ2) is 7.41. The van der Waals surface area contributed by atoms with Gasteiger partial charge in [-0.25, -0.2) is 8.42 Å². The van der Waals surface area contributed by atoms with Crippen molar-refractivity contribution < 1.29 is 18.6 Å². The van der Waals surface area contributed by atoms with Gasteiger partial charge in [0.1, 0.15) is 9.84 Å². The fourth-order valence-electron chi connectivity index (χ4n) is 2.17. The lowest BCUT2D eigenvalue weighted by Crippen LogP contribution is -2.37. The summed E-state index contributed by atoms with van der Waals surface area (Å²) in [5.74, 6) is 0.0373. The lowest BCUT2D eigenvalue weighted by Gasteiger charge is -2.31. The maximum absolute atomic E-state index is 11.8. The van der Waals surface area contributed by atoms with Crippen LogP contribution in [0.25, 0.3) is 0 Å². The number of sulfone groups is 1. The second-order valence-electron chi connectivity index (χ2n) is 4.98. The highest BCUT2D eigenvalue weighted by molar-refractivity contribution is 7.91. The molecule has 0 aliphatic heterocycles. The zero-order valence-corrected chi connectivity index (χ0v) is 13.1. The van der Waals surface area contributed by atoms with E-state index in [0.717, 1.165) is 0 Å². The number of halogens is 1. The van der Waals surface area contributed by atoms with E-state index in [9.17, 15) is 18.6 Å². The van der Waals surface area contributed by atoms with E-state index in [1.54, 1.807) is 31.2 Å². The van der Waals surface area contributed by atoms with Crippen molar-refractivity contribution in [3.05, 3.63) is 34.9 Å². The Labute approximate surface area is 125 Å². The van der Waals surface area contributed by atoms with E-state index in [1.807, 2.05) is 0 Å². The van der Waals surface area contributed by atoms with Gasteiger partial charge in [0.25, 0.3) is 0 Å². The van der Waals surface area contributed by atoms with Crippen LogP contribution < -0.4 is 0 Å². The van der Waals surface area contributed by atoms with E-state index in [0.29, 0.717) is 17.0 Å². The van der Waals surface area contributed by atoms with Gasteiger partial charge in [0.05, 0.1) is 19.0 Å². The fraction of sp³-hybridized carbons (Fsp3) is 0.571. The molecule has 0 unspecified atom stereocenters. The molecule has 0 aromatic heterocycles. The Bertz CT molecular complexity index is 524. The van der Waals surface area contributed by atoms with Gasteiger partial charge in [-0.1, -0.05) is 36.7 Å². The lowest BCUT2D eigenvalue weighted by atomic mass is 9.79. The molecule has 0 radical (unpaired) electrons. The Morgan fingerprint density at radius 2 is 1.75 bits per heavy atom. The van der Waals surface area contributed by atoms with Crippen LogP contribution in [0.5, 0.6) is 0 Å². The fourth-order valence-corrected chi connectivity index (χ4v) is 4.03. The third-order valence-corrected chi connectivity index (χ3v) is 5.64. The van der Waals surface area contributed by atoms with Gasteiger partial charge in [-0.3, -0.25) is 0 Å². The maximum Gasteiger partial charge on any atom is 0.150 e. The summed E-state index contributed by atoms with van der Waals surface area (Å²) in [5, 5.41) is 19.8. The van der Waals surface area contributed by atoms with Crippen molar-refractivity contribution in [2.24, 2.45) is 0 Å². The highest BCUT2D eigenvalue weighted by Crippen LogP contribution is 2.33. The largest absolute Gasteiger partial charge is 0.395 e. The highest BCUT2D eigenvalue weighted by Gasteiger charge is 2.34. The molecule has 0 saturated heterocycles. The first-order valence-corrected chi connectivity index (χ1v) is 8.78. The van der Waals surface area contributed by atoms with Gasteiger partial charge >= 0.3 is 0 Å². The van der Waals surface area contributed by atoms with Crippen molar-refractivity contribution in [3.63, 3.8) is 0 Å². The van der Waals surface area contributed by atoms with Crippen LogP contribution in [0.15, 0.2) is 24.3 Å². The van der Waals surface area contributed by atoms with Crippen LogP contribution in [0.2, 0.25) is 5.02 Å². The molecule has 1 aromatic carbocycles. The van der Waals surface area contributed by atoms with Gasteiger partial charge in [-0.15, -0.1) is 0 Å². The summed E-state index contributed by atoms with van der Waals surface area (Å²) in [7, 11) is -3.17. The minimum Gasteiger partial charge on any atom is -0.395 e. The standard InChI is InChI=1S/C14H21ClO4S/c1-2-8-20(18,19)9-7-14(10-16,11-17)12-5-3-4-6-13(12)15/h3-6,16-17H,2,7-11H2,1H3. The topological polar surface area (TPSA) is 74.6 Å². The van der Waals surface area contributed by atoms with Crippen molar-refractivity contribution in [2.45, 2.75) is 25.2 Å². The molecule has 2 N–H and O–H groups in total. The van der Waals surface area contributed by atoms with Gasteiger partial charge in [0.15, 0.2) is 0 Å². The first-order valence-electron chi connectivity index (χ1n) is 6.58. The van der Waals surface area contributed by atoms with E-state index in [2.05, 4.69) is 0 Å². The van der Waals surface area contributed by atoms with Crippen LogP contribution in [-0.4, -0.2) is 43.4 Å².